The number of allylic oxidation sites excluding steroid dienone is 1. The summed E-state index contributed by atoms with van der Waals surface area (Å²) in [6, 6.07) is 0. The molecule has 0 aromatic heterocycles. The Labute approximate surface area is 41.3 Å². The number of halogens is 1. The molecule has 0 aliphatic heterocycles. The van der Waals surface area contributed by atoms with Gasteiger partial charge in [0.25, 0.3) is 0 Å². The molecule has 0 spiro atoms. The molecule has 0 aromatic rings. The molecule has 4 N–H and O–H groups in total. The third kappa shape index (κ3) is 1.81. The first-order valence-electron chi connectivity index (χ1n) is 1.70. The Hall–Kier alpha value is -0.990. The topological polar surface area (TPSA) is 52.0 Å². The summed E-state index contributed by atoms with van der Waals surface area (Å²) in [5.41, 5.74) is 9.39. The molecule has 0 heterocycles. The van der Waals surface area contributed by atoms with E-state index in [4.69, 9.17) is 11.5 Å². The number of rotatable bonds is 1. The van der Waals surface area contributed by atoms with Crippen LogP contribution in [-0.2, 0) is 0 Å². The molecule has 0 bridgehead atoms. The van der Waals surface area contributed by atoms with Crippen molar-refractivity contribution in [3.8, 4) is 0 Å². The van der Waals surface area contributed by atoms with Gasteiger partial charge in [-0.15, -0.1) is 0 Å². The van der Waals surface area contributed by atoms with Gasteiger partial charge < -0.3 is 11.5 Å². The Bertz CT molecular complexity index is 106. The van der Waals surface area contributed by atoms with Gasteiger partial charge in [0.15, 0.2) is 5.83 Å². The summed E-state index contributed by atoms with van der Waals surface area (Å²) in [7, 11) is 0. The predicted octanol–water partition coefficient (Wildman–Crippen LogP) is 0.228. The Kier molecular flexibility index (Phi) is 1.91. The maximum atomic E-state index is 11.8. The lowest BCUT2D eigenvalue weighted by molar-refractivity contribution is 0.646. The highest BCUT2D eigenvalue weighted by molar-refractivity contribution is 5.16. The Morgan fingerprint density at radius 1 is 1.71 bits per heavy atom. The summed E-state index contributed by atoms with van der Waals surface area (Å²) < 4.78 is 11.8. The first-order valence-corrected chi connectivity index (χ1v) is 1.70. The minimum Gasteiger partial charge on any atom is -0.402 e. The van der Waals surface area contributed by atoms with Crippen molar-refractivity contribution in [2.45, 2.75) is 0 Å². The van der Waals surface area contributed by atoms with Crippen LogP contribution in [0.2, 0.25) is 0 Å². The second-order valence-corrected chi connectivity index (χ2v) is 1.04. The lowest BCUT2D eigenvalue weighted by atomic mass is 10.5. The summed E-state index contributed by atoms with van der Waals surface area (Å²) >= 11 is 0. The maximum Gasteiger partial charge on any atom is 0.160 e. The van der Waals surface area contributed by atoms with Gasteiger partial charge in [0.2, 0.25) is 0 Å². The van der Waals surface area contributed by atoms with Crippen LogP contribution in [0.25, 0.3) is 0 Å². The average Bonchev–Trinajstić information content (AvgIpc) is 1.65. The van der Waals surface area contributed by atoms with Gasteiger partial charge in [0, 0.05) is 6.20 Å². The first kappa shape index (κ1) is 6.01. The molecule has 0 radical (unpaired) electrons. The minimum atomic E-state index is -0.667. The molecule has 0 aliphatic carbocycles. The molecule has 0 saturated carbocycles. The van der Waals surface area contributed by atoms with E-state index >= 15 is 0 Å². The maximum absolute atomic E-state index is 11.8. The Morgan fingerprint density at radius 3 is 2.14 bits per heavy atom. The van der Waals surface area contributed by atoms with Crippen LogP contribution >= 0.6 is 0 Å². The standard InChI is InChI=1S/C4H7FN2/c1-3(7)4(5)2-6/h2H,1,6-7H2/b4-2+. The normalized spacial score (nSPS) is 11.3. The van der Waals surface area contributed by atoms with Crippen molar-refractivity contribution >= 4 is 0 Å². The highest BCUT2D eigenvalue weighted by Crippen LogP contribution is 1.97. The van der Waals surface area contributed by atoms with Crippen LogP contribution in [0.3, 0.4) is 0 Å². The molecule has 0 amide bonds. The smallest absolute Gasteiger partial charge is 0.160 e. The van der Waals surface area contributed by atoms with E-state index in [-0.39, 0.29) is 5.70 Å². The summed E-state index contributed by atoms with van der Waals surface area (Å²) in [5, 5.41) is 0. The van der Waals surface area contributed by atoms with Crippen molar-refractivity contribution in [3.05, 3.63) is 24.3 Å². The van der Waals surface area contributed by atoms with E-state index in [1.54, 1.807) is 0 Å². The third-order valence-corrected chi connectivity index (χ3v) is 0.453. The summed E-state index contributed by atoms with van der Waals surface area (Å²) in [6.07, 6.45) is 0.766. The van der Waals surface area contributed by atoms with E-state index in [9.17, 15) is 4.39 Å². The summed E-state index contributed by atoms with van der Waals surface area (Å²) in [6.45, 7) is 3.08. The second-order valence-electron chi connectivity index (χ2n) is 1.04. The van der Waals surface area contributed by atoms with E-state index in [0.717, 1.165) is 6.20 Å². The van der Waals surface area contributed by atoms with Crippen molar-refractivity contribution in [3.63, 3.8) is 0 Å². The Balaban J connectivity index is 3.82. The number of nitrogens with two attached hydrogens (primary N) is 2. The second kappa shape index (κ2) is 2.23. The fraction of sp³-hybridized carbons (Fsp3) is 0. The average molecular weight is 102 g/mol. The molecule has 0 unspecified atom stereocenters. The molecule has 0 atom stereocenters. The van der Waals surface area contributed by atoms with Crippen LogP contribution in [0.4, 0.5) is 4.39 Å². The fourth-order valence-electron chi connectivity index (χ4n) is 0.107. The lowest BCUT2D eigenvalue weighted by Crippen LogP contribution is -1.96. The van der Waals surface area contributed by atoms with Crippen molar-refractivity contribution in [2.75, 3.05) is 0 Å². The molecular formula is C4H7FN2. The molecule has 0 aliphatic rings. The van der Waals surface area contributed by atoms with Crippen molar-refractivity contribution in [1.82, 2.24) is 0 Å². The molecule has 0 aromatic carbocycles. The summed E-state index contributed by atoms with van der Waals surface area (Å²) in [5.74, 6) is -0.667. The number of hydrogen-bond acceptors (Lipinski definition) is 2. The lowest BCUT2D eigenvalue weighted by Gasteiger charge is -1.87. The zero-order valence-electron chi connectivity index (χ0n) is 3.82. The van der Waals surface area contributed by atoms with Crippen LogP contribution in [0, 0.1) is 0 Å². The van der Waals surface area contributed by atoms with Crippen molar-refractivity contribution in [1.29, 1.82) is 0 Å². The van der Waals surface area contributed by atoms with Crippen LogP contribution in [0.15, 0.2) is 24.3 Å². The first-order chi connectivity index (χ1) is 3.18. The fourth-order valence-corrected chi connectivity index (χ4v) is 0.107. The molecule has 0 fully saturated rings. The quantitative estimate of drug-likeness (QED) is 0.465. The Morgan fingerprint density at radius 2 is 2.14 bits per heavy atom. The van der Waals surface area contributed by atoms with E-state index in [2.05, 4.69) is 6.58 Å². The van der Waals surface area contributed by atoms with Crippen molar-refractivity contribution < 1.29 is 4.39 Å². The van der Waals surface area contributed by atoms with Gasteiger partial charge in [-0.25, -0.2) is 4.39 Å². The van der Waals surface area contributed by atoms with Gasteiger partial charge in [-0.05, 0) is 0 Å². The van der Waals surface area contributed by atoms with E-state index in [0.29, 0.717) is 0 Å². The van der Waals surface area contributed by atoms with E-state index in [1.807, 2.05) is 0 Å². The van der Waals surface area contributed by atoms with Gasteiger partial charge in [-0.3, -0.25) is 0 Å². The molecule has 0 rings (SSSR count). The SMILES string of the molecule is C=C(N)/C(F)=C\N. The van der Waals surface area contributed by atoms with E-state index in [1.165, 1.54) is 0 Å². The summed E-state index contributed by atoms with van der Waals surface area (Å²) in [4.78, 5) is 0. The van der Waals surface area contributed by atoms with Crippen LogP contribution in [0.5, 0.6) is 0 Å². The molecular weight excluding hydrogens is 95.1 g/mol. The van der Waals surface area contributed by atoms with Gasteiger partial charge in [0.05, 0.1) is 5.70 Å². The van der Waals surface area contributed by atoms with Gasteiger partial charge >= 0.3 is 0 Å². The molecule has 40 valence electrons. The predicted molar refractivity (Wildman–Crippen MR) is 26.7 cm³/mol. The van der Waals surface area contributed by atoms with Crippen LogP contribution < -0.4 is 11.5 Å². The number of hydrogen-bond donors (Lipinski definition) is 2. The zero-order valence-corrected chi connectivity index (χ0v) is 3.82. The monoisotopic (exact) mass is 102 g/mol. The van der Waals surface area contributed by atoms with Gasteiger partial charge in [0.1, 0.15) is 0 Å². The third-order valence-electron chi connectivity index (χ3n) is 0.453. The van der Waals surface area contributed by atoms with Crippen LogP contribution in [0.1, 0.15) is 0 Å². The van der Waals surface area contributed by atoms with Gasteiger partial charge in [-0.2, -0.15) is 0 Å². The highest BCUT2D eigenvalue weighted by Gasteiger charge is 1.88. The minimum absolute atomic E-state index is 0.137. The molecule has 2 nitrogen and oxygen atoms in total. The largest absolute Gasteiger partial charge is 0.402 e. The highest BCUT2D eigenvalue weighted by atomic mass is 19.1. The zero-order chi connectivity index (χ0) is 5.86. The van der Waals surface area contributed by atoms with E-state index < -0.39 is 5.83 Å². The molecule has 0 saturated heterocycles. The van der Waals surface area contributed by atoms with Crippen LogP contribution in [-0.4, -0.2) is 0 Å². The van der Waals surface area contributed by atoms with Gasteiger partial charge in [-0.1, -0.05) is 6.58 Å². The molecule has 7 heavy (non-hydrogen) atoms. The van der Waals surface area contributed by atoms with Crippen molar-refractivity contribution in [2.24, 2.45) is 11.5 Å². The molecule has 3 heteroatoms.